The van der Waals surface area contributed by atoms with E-state index in [1.807, 2.05) is 30.3 Å². The number of amides is 1. The van der Waals surface area contributed by atoms with E-state index in [-0.39, 0.29) is 18.3 Å². The first kappa shape index (κ1) is 15.0. The molecule has 1 amide bonds. The maximum absolute atomic E-state index is 12.2. The number of halogens is 1. The summed E-state index contributed by atoms with van der Waals surface area (Å²) in [6.07, 6.45) is 0.882. The number of carbonyl (C=O) groups excluding carboxylic acids is 1. The third-order valence-corrected chi connectivity index (χ3v) is 2.96. The van der Waals surface area contributed by atoms with Crippen molar-refractivity contribution in [3.05, 3.63) is 35.9 Å². The smallest absolute Gasteiger partial charge is 0.244 e. The monoisotopic (exact) mass is 270 g/mol. The Labute approximate surface area is 114 Å². The molecule has 0 radical (unpaired) electrons. The lowest BCUT2D eigenvalue weighted by Crippen LogP contribution is -2.39. The van der Waals surface area contributed by atoms with Crippen LogP contribution in [0.25, 0.3) is 0 Å². The summed E-state index contributed by atoms with van der Waals surface area (Å²) in [7, 11) is 0. The highest BCUT2D eigenvalue weighted by atomic mass is 35.5. The number of nitrogens with zero attached hydrogens (tertiary/aromatic N) is 1. The van der Waals surface area contributed by atoms with Gasteiger partial charge in [0.05, 0.1) is 6.61 Å². The predicted octanol–water partition coefficient (Wildman–Crippen LogP) is 1.36. The van der Waals surface area contributed by atoms with Gasteiger partial charge in [-0.1, -0.05) is 30.3 Å². The van der Waals surface area contributed by atoms with Gasteiger partial charge in [-0.2, -0.15) is 0 Å². The van der Waals surface area contributed by atoms with E-state index in [0.29, 0.717) is 13.2 Å². The quantitative estimate of drug-likeness (QED) is 0.883. The van der Waals surface area contributed by atoms with E-state index in [2.05, 4.69) is 0 Å². The average molecular weight is 271 g/mol. The fraction of sp³-hybridized carbons (Fsp3) is 0.462. The van der Waals surface area contributed by atoms with Crippen LogP contribution in [0.4, 0.5) is 0 Å². The fourth-order valence-electron chi connectivity index (χ4n) is 1.97. The second-order valence-corrected chi connectivity index (χ2v) is 4.18. The number of nitrogens with two attached hydrogens (primary N) is 1. The molecule has 0 spiro atoms. The SMILES string of the molecule is Cl.NC(C(=O)N1CCCOCC1)c1ccccc1. The topological polar surface area (TPSA) is 55.6 Å². The van der Waals surface area contributed by atoms with Gasteiger partial charge < -0.3 is 15.4 Å². The molecule has 1 aliphatic rings. The van der Waals surface area contributed by atoms with Crippen LogP contribution in [0, 0.1) is 0 Å². The molecule has 100 valence electrons. The Morgan fingerprint density at radius 1 is 1.22 bits per heavy atom. The highest BCUT2D eigenvalue weighted by Crippen LogP contribution is 2.13. The van der Waals surface area contributed by atoms with Crippen molar-refractivity contribution in [1.82, 2.24) is 4.90 Å². The Kier molecular flexibility index (Phi) is 6.12. The van der Waals surface area contributed by atoms with Crippen LogP contribution in [-0.4, -0.2) is 37.1 Å². The van der Waals surface area contributed by atoms with Crippen molar-refractivity contribution < 1.29 is 9.53 Å². The van der Waals surface area contributed by atoms with E-state index in [4.69, 9.17) is 10.5 Å². The fourth-order valence-corrected chi connectivity index (χ4v) is 1.97. The third-order valence-electron chi connectivity index (χ3n) is 2.96. The Hall–Kier alpha value is -1.10. The van der Waals surface area contributed by atoms with E-state index in [1.165, 1.54) is 0 Å². The number of hydrogen-bond donors (Lipinski definition) is 1. The molecule has 1 aliphatic heterocycles. The van der Waals surface area contributed by atoms with Gasteiger partial charge in [-0.05, 0) is 12.0 Å². The minimum atomic E-state index is -0.561. The molecule has 0 saturated carbocycles. The summed E-state index contributed by atoms with van der Waals surface area (Å²) >= 11 is 0. The van der Waals surface area contributed by atoms with Crippen LogP contribution in [-0.2, 0) is 9.53 Å². The number of benzene rings is 1. The van der Waals surface area contributed by atoms with Crippen LogP contribution in [0.3, 0.4) is 0 Å². The summed E-state index contributed by atoms with van der Waals surface area (Å²) in [4.78, 5) is 14.0. The van der Waals surface area contributed by atoms with Gasteiger partial charge >= 0.3 is 0 Å². The zero-order valence-corrected chi connectivity index (χ0v) is 11.1. The van der Waals surface area contributed by atoms with Crippen molar-refractivity contribution in [3.8, 4) is 0 Å². The summed E-state index contributed by atoms with van der Waals surface area (Å²) in [6.45, 7) is 2.70. The van der Waals surface area contributed by atoms with Crippen molar-refractivity contribution in [3.63, 3.8) is 0 Å². The molecule has 1 unspecified atom stereocenters. The molecule has 1 aromatic carbocycles. The van der Waals surface area contributed by atoms with Gasteiger partial charge in [0, 0.05) is 19.7 Å². The molecule has 1 fully saturated rings. The normalized spacial score (nSPS) is 17.5. The lowest BCUT2D eigenvalue weighted by molar-refractivity contribution is -0.132. The lowest BCUT2D eigenvalue weighted by Gasteiger charge is -2.23. The Morgan fingerprint density at radius 2 is 1.94 bits per heavy atom. The minimum absolute atomic E-state index is 0. The average Bonchev–Trinajstić information content (AvgIpc) is 2.67. The molecule has 1 saturated heterocycles. The molecular weight excluding hydrogens is 252 g/mol. The van der Waals surface area contributed by atoms with E-state index < -0.39 is 6.04 Å². The highest BCUT2D eigenvalue weighted by Gasteiger charge is 2.22. The van der Waals surface area contributed by atoms with Crippen LogP contribution in [0.15, 0.2) is 30.3 Å². The van der Waals surface area contributed by atoms with Crippen molar-refractivity contribution >= 4 is 18.3 Å². The van der Waals surface area contributed by atoms with E-state index >= 15 is 0 Å². The summed E-state index contributed by atoms with van der Waals surface area (Å²) < 4.78 is 5.33. The largest absolute Gasteiger partial charge is 0.380 e. The molecule has 2 N–H and O–H groups in total. The van der Waals surface area contributed by atoms with Crippen LogP contribution in [0.2, 0.25) is 0 Å². The third kappa shape index (κ3) is 3.70. The molecular formula is C13H19ClN2O2. The van der Waals surface area contributed by atoms with Gasteiger partial charge in [-0.15, -0.1) is 12.4 Å². The summed E-state index contributed by atoms with van der Waals surface area (Å²) in [5.74, 6) is -0.0123. The Balaban J connectivity index is 0.00000162. The van der Waals surface area contributed by atoms with Crippen molar-refractivity contribution in [1.29, 1.82) is 0 Å². The second-order valence-electron chi connectivity index (χ2n) is 4.18. The van der Waals surface area contributed by atoms with Crippen molar-refractivity contribution in [2.45, 2.75) is 12.5 Å². The van der Waals surface area contributed by atoms with Crippen LogP contribution >= 0.6 is 12.4 Å². The van der Waals surface area contributed by atoms with Gasteiger partial charge in [-0.25, -0.2) is 0 Å². The molecule has 2 rings (SSSR count). The zero-order valence-electron chi connectivity index (χ0n) is 10.2. The van der Waals surface area contributed by atoms with E-state index in [1.54, 1.807) is 4.90 Å². The Morgan fingerprint density at radius 3 is 2.67 bits per heavy atom. The zero-order chi connectivity index (χ0) is 12.1. The Bertz CT molecular complexity index is 365. The summed E-state index contributed by atoms with van der Waals surface area (Å²) in [6, 6.07) is 8.92. The van der Waals surface area contributed by atoms with Crippen molar-refractivity contribution in [2.24, 2.45) is 5.73 Å². The van der Waals surface area contributed by atoms with Gasteiger partial charge in [-0.3, -0.25) is 4.79 Å². The van der Waals surface area contributed by atoms with Gasteiger partial charge in [0.1, 0.15) is 6.04 Å². The second kappa shape index (κ2) is 7.36. The maximum atomic E-state index is 12.2. The molecule has 0 aliphatic carbocycles. The molecule has 4 nitrogen and oxygen atoms in total. The summed E-state index contributed by atoms with van der Waals surface area (Å²) in [5.41, 5.74) is 6.85. The molecule has 0 aromatic heterocycles. The highest BCUT2D eigenvalue weighted by molar-refractivity contribution is 5.85. The minimum Gasteiger partial charge on any atom is -0.380 e. The first-order chi connectivity index (χ1) is 8.29. The van der Waals surface area contributed by atoms with Crippen LogP contribution < -0.4 is 5.73 Å². The first-order valence-electron chi connectivity index (χ1n) is 5.96. The van der Waals surface area contributed by atoms with Crippen LogP contribution in [0.1, 0.15) is 18.0 Å². The molecule has 1 atom stereocenters. The molecule has 1 heterocycles. The van der Waals surface area contributed by atoms with E-state index in [0.717, 1.165) is 25.1 Å². The molecule has 5 heteroatoms. The first-order valence-corrected chi connectivity index (χ1v) is 5.96. The maximum Gasteiger partial charge on any atom is 0.244 e. The number of rotatable bonds is 2. The molecule has 0 bridgehead atoms. The number of hydrogen-bond acceptors (Lipinski definition) is 3. The van der Waals surface area contributed by atoms with Gasteiger partial charge in [0.25, 0.3) is 0 Å². The number of carbonyl (C=O) groups is 1. The predicted molar refractivity (Wildman–Crippen MR) is 72.6 cm³/mol. The number of ether oxygens (including phenoxy) is 1. The molecule has 1 aromatic rings. The standard InChI is InChI=1S/C13H18N2O2.ClH/c14-12(11-5-2-1-3-6-11)13(16)15-7-4-9-17-10-8-15;/h1-3,5-6,12H,4,7-10,14H2;1H. The lowest BCUT2D eigenvalue weighted by atomic mass is 10.1. The van der Waals surface area contributed by atoms with Crippen LogP contribution in [0.5, 0.6) is 0 Å². The molecule has 18 heavy (non-hydrogen) atoms. The van der Waals surface area contributed by atoms with Gasteiger partial charge in [0.15, 0.2) is 0 Å². The van der Waals surface area contributed by atoms with E-state index in [9.17, 15) is 4.79 Å². The van der Waals surface area contributed by atoms with Gasteiger partial charge in [0.2, 0.25) is 5.91 Å². The van der Waals surface area contributed by atoms with Crippen molar-refractivity contribution in [2.75, 3.05) is 26.3 Å². The summed E-state index contributed by atoms with van der Waals surface area (Å²) in [5, 5.41) is 0.